The molecule has 8 heteroatoms. The van der Waals surface area contributed by atoms with Crippen LogP contribution in [0, 0.1) is 16.7 Å². The predicted molar refractivity (Wildman–Crippen MR) is 92.6 cm³/mol. The molecule has 122 valence electrons. The Hall–Kier alpha value is -3.99. The third-order valence-electron chi connectivity index (χ3n) is 3.58. The second-order valence-electron chi connectivity index (χ2n) is 5.14. The maximum Gasteiger partial charge on any atom is 0.266 e. The van der Waals surface area contributed by atoms with E-state index in [2.05, 4.69) is 10.5 Å². The lowest BCUT2D eigenvalue weighted by Crippen LogP contribution is -2.29. The minimum Gasteiger partial charge on any atom is -0.382 e. The summed E-state index contributed by atoms with van der Waals surface area (Å²) in [7, 11) is 0. The van der Waals surface area contributed by atoms with Crippen LogP contribution in [0.5, 0.6) is 0 Å². The Kier molecular flexibility index (Phi) is 3.97. The molecular weight excluding hydrogens is 320 g/mol. The lowest BCUT2D eigenvalue weighted by molar-refractivity contribution is 0.0926. The summed E-state index contributed by atoms with van der Waals surface area (Å²) in [5, 5.41) is 19.7. The number of fused-ring (bicyclic) bond motifs is 1. The smallest absolute Gasteiger partial charge is 0.266 e. The van der Waals surface area contributed by atoms with Crippen LogP contribution >= 0.6 is 0 Å². The maximum absolute atomic E-state index is 12.4. The summed E-state index contributed by atoms with van der Waals surface area (Å²) in [5.74, 6) is -1.19. The highest BCUT2D eigenvalue weighted by atomic mass is 16.2. The van der Waals surface area contributed by atoms with E-state index in [0.717, 1.165) is 4.90 Å². The zero-order valence-electron chi connectivity index (χ0n) is 12.9. The van der Waals surface area contributed by atoms with Crippen LogP contribution in [0.15, 0.2) is 53.6 Å². The van der Waals surface area contributed by atoms with Crippen molar-refractivity contribution in [2.24, 2.45) is 10.8 Å². The fourth-order valence-corrected chi connectivity index (χ4v) is 2.37. The van der Waals surface area contributed by atoms with Gasteiger partial charge in [-0.1, -0.05) is 12.1 Å². The highest BCUT2D eigenvalue weighted by molar-refractivity contribution is 6.45. The van der Waals surface area contributed by atoms with Gasteiger partial charge in [0, 0.05) is 0 Å². The molecule has 0 saturated heterocycles. The molecule has 0 bridgehead atoms. The molecule has 0 unspecified atom stereocenters. The molecule has 0 fully saturated rings. The summed E-state index contributed by atoms with van der Waals surface area (Å²) < 4.78 is 0. The maximum atomic E-state index is 12.4. The standard InChI is InChI=1S/C17H12N6O2/c18-9-14(15(19)20)22-21-10-5-7-11(8-6-10)23-16(24)12-3-1-2-4-13(12)17(23)25/h1-8,21H,(H3,19,20)/b22-14+. The first-order valence-corrected chi connectivity index (χ1v) is 7.19. The van der Waals surface area contributed by atoms with E-state index < -0.39 is 5.84 Å². The summed E-state index contributed by atoms with van der Waals surface area (Å²) in [5.41, 5.74) is 9.23. The first kappa shape index (κ1) is 15.9. The van der Waals surface area contributed by atoms with Gasteiger partial charge >= 0.3 is 0 Å². The van der Waals surface area contributed by atoms with Crippen LogP contribution in [0.3, 0.4) is 0 Å². The minimum atomic E-state index is -0.447. The van der Waals surface area contributed by atoms with E-state index in [-0.39, 0.29) is 17.5 Å². The number of carbonyl (C=O) groups excluding carboxylic acids is 2. The van der Waals surface area contributed by atoms with E-state index in [0.29, 0.717) is 22.5 Å². The molecule has 3 rings (SSSR count). The van der Waals surface area contributed by atoms with Crippen molar-refractivity contribution in [1.29, 1.82) is 10.7 Å². The Balaban J connectivity index is 1.83. The molecule has 1 aliphatic heterocycles. The van der Waals surface area contributed by atoms with Crippen molar-refractivity contribution in [2.45, 2.75) is 0 Å². The van der Waals surface area contributed by atoms with Gasteiger partial charge in [0.25, 0.3) is 11.8 Å². The largest absolute Gasteiger partial charge is 0.382 e. The minimum absolute atomic E-state index is 0.246. The highest BCUT2D eigenvalue weighted by Crippen LogP contribution is 2.28. The zero-order valence-corrected chi connectivity index (χ0v) is 12.9. The second-order valence-corrected chi connectivity index (χ2v) is 5.14. The van der Waals surface area contributed by atoms with Gasteiger partial charge in [0.2, 0.25) is 5.71 Å². The van der Waals surface area contributed by atoms with Crippen molar-refractivity contribution in [3.05, 3.63) is 59.7 Å². The third kappa shape index (κ3) is 2.82. The number of hydrogen-bond acceptors (Lipinski definition) is 6. The van der Waals surface area contributed by atoms with Crippen LogP contribution in [0.1, 0.15) is 20.7 Å². The van der Waals surface area contributed by atoms with Crippen molar-refractivity contribution in [3.63, 3.8) is 0 Å². The number of nitrogens with one attached hydrogen (secondary N) is 2. The Morgan fingerprint density at radius 1 is 1.08 bits per heavy atom. The number of hydrazone groups is 1. The molecule has 0 spiro atoms. The quantitative estimate of drug-likeness (QED) is 0.339. The molecule has 2 aromatic carbocycles. The molecule has 0 aromatic heterocycles. The van der Waals surface area contributed by atoms with E-state index in [1.165, 1.54) is 0 Å². The summed E-state index contributed by atoms with van der Waals surface area (Å²) in [6.45, 7) is 0. The number of hydrogen-bond donors (Lipinski definition) is 3. The van der Waals surface area contributed by atoms with Crippen molar-refractivity contribution < 1.29 is 9.59 Å². The molecule has 0 atom stereocenters. The Morgan fingerprint density at radius 2 is 1.64 bits per heavy atom. The first-order valence-electron chi connectivity index (χ1n) is 7.19. The monoisotopic (exact) mass is 332 g/mol. The SMILES string of the molecule is N#C/C(=N\Nc1ccc(N2C(=O)c3ccccc3C2=O)cc1)C(=N)N. The lowest BCUT2D eigenvalue weighted by atomic mass is 10.1. The van der Waals surface area contributed by atoms with E-state index >= 15 is 0 Å². The molecular formula is C17H12N6O2. The molecule has 25 heavy (non-hydrogen) atoms. The fourth-order valence-electron chi connectivity index (χ4n) is 2.37. The van der Waals surface area contributed by atoms with Crippen LogP contribution in [-0.2, 0) is 0 Å². The number of amides is 2. The molecule has 2 aromatic rings. The van der Waals surface area contributed by atoms with Gasteiger partial charge in [-0.05, 0) is 36.4 Å². The zero-order chi connectivity index (χ0) is 18.0. The molecule has 1 aliphatic rings. The van der Waals surface area contributed by atoms with Crippen molar-refractivity contribution in [1.82, 2.24) is 0 Å². The average molecular weight is 332 g/mol. The first-order chi connectivity index (χ1) is 12.0. The molecule has 0 radical (unpaired) electrons. The van der Waals surface area contributed by atoms with Gasteiger partial charge in [0.1, 0.15) is 6.07 Å². The van der Waals surface area contributed by atoms with Crippen LogP contribution in [0.25, 0.3) is 0 Å². The molecule has 0 saturated carbocycles. The van der Waals surface area contributed by atoms with Crippen molar-refractivity contribution >= 4 is 34.7 Å². The third-order valence-corrected chi connectivity index (χ3v) is 3.58. The second kappa shape index (κ2) is 6.25. The number of nitrogens with two attached hydrogens (primary N) is 1. The summed E-state index contributed by atoms with van der Waals surface area (Å²) >= 11 is 0. The summed E-state index contributed by atoms with van der Waals surface area (Å²) in [4.78, 5) is 25.9. The average Bonchev–Trinajstić information content (AvgIpc) is 2.87. The summed E-state index contributed by atoms with van der Waals surface area (Å²) in [6.07, 6.45) is 0. The molecule has 8 nitrogen and oxygen atoms in total. The number of nitrogens with zero attached hydrogens (tertiary/aromatic N) is 3. The van der Waals surface area contributed by atoms with Gasteiger partial charge in [-0.25, -0.2) is 4.90 Å². The van der Waals surface area contributed by atoms with Gasteiger partial charge in [-0.15, -0.1) is 0 Å². The fraction of sp³-hybridized carbons (Fsp3) is 0. The van der Waals surface area contributed by atoms with E-state index in [1.54, 1.807) is 54.6 Å². The van der Waals surface area contributed by atoms with Crippen molar-refractivity contribution in [2.75, 3.05) is 10.3 Å². The lowest BCUT2D eigenvalue weighted by Gasteiger charge is -2.14. The Morgan fingerprint density at radius 3 is 2.12 bits per heavy atom. The van der Waals surface area contributed by atoms with E-state index in [1.807, 2.05) is 0 Å². The van der Waals surface area contributed by atoms with Crippen LogP contribution < -0.4 is 16.1 Å². The Bertz CT molecular complexity index is 921. The van der Waals surface area contributed by atoms with Crippen molar-refractivity contribution in [3.8, 4) is 6.07 Å². The number of benzene rings is 2. The Labute approximate surface area is 142 Å². The number of amidine groups is 1. The van der Waals surface area contributed by atoms with E-state index in [4.69, 9.17) is 16.4 Å². The highest BCUT2D eigenvalue weighted by Gasteiger charge is 2.36. The van der Waals surface area contributed by atoms with Gasteiger partial charge < -0.3 is 5.73 Å². The molecule has 0 aliphatic carbocycles. The summed E-state index contributed by atoms with van der Waals surface area (Å²) in [6, 6.07) is 14.7. The number of nitriles is 1. The molecule has 1 heterocycles. The molecule has 2 amide bonds. The number of rotatable bonds is 4. The van der Waals surface area contributed by atoms with Gasteiger partial charge in [-0.3, -0.25) is 20.4 Å². The topological polar surface area (TPSA) is 135 Å². The van der Waals surface area contributed by atoms with Crippen LogP contribution in [-0.4, -0.2) is 23.4 Å². The number of carbonyl (C=O) groups is 2. The predicted octanol–water partition coefficient (Wildman–Crippen LogP) is 1.71. The van der Waals surface area contributed by atoms with Gasteiger partial charge in [0.05, 0.1) is 22.5 Å². The van der Waals surface area contributed by atoms with E-state index in [9.17, 15) is 9.59 Å². The van der Waals surface area contributed by atoms with Crippen LogP contribution in [0.2, 0.25) is 0 Å². The van der Waals surface area contributed by atoms with Gasteiger partial charge in [0.15, 0.2) is 5.84 Å². The molecule has 4 N–H and O–H groups in total. The van der Waals surface area contributed by atoms with Gasteiger partial charge in [-0.2, -0.15) is 10.4 Å². The normalized spacial score (nSPS) is 13.4. The van der Waals surface area contributed by atoms with Crippen LogP contribution in [0.4, 0.5) is 11.4 Å². The number of anilines is 2. The number of imide groups is 1.